The van der Waals surface area contributed by atoms with Crippen molar-refractivity contribution in [1.29, 1.82) is 0 Å². The van der Waals surface area contributed by atoms with Crippen LogP contribution < -0.4 is 21.6 Å². The summed E-state index contributed by atoms with van der Waals surface area (Å²) in [5, 5.41) is 0. The van der Waals surface area contributed by atoms with E-state index in [9.17, 15) is 0 Å². The molecule has 0 spiro atoms. The summed E-state index contributed by atoms with van der Waals surface area (Å²) in [4.78, 5) is 2.64. The van der Waals surface area contributed by atoms with E-state index in [1.165, 1.54) is 113 Å². The number of nitrogens with zero attached hydrogens (tertiary/aromatic N) is 1. The van der Waals surface area contributed by atoms with Gasteiger partial charge in [0.05, 0.1) is 11.4 Å². The molecule has 0 bridgehead atoms. The van der Waals surface area contributed by atoms with E-state index in [1.807, 2.05) is 0 Å². The molecule has 0 radical (unpaired) electrons. The van der Waals surface area contributed by atoms with E-state index in [4.69, 9.17) is 5.73 Å². The van der Waals surface area contributed by atoms with E-state index in [2.05, 4.69) is 182 Å². The van der Waals surface area contributed by atoms with Gasteiger partial charge in [0.2, 0.25) is 0 Å². The van der Waals surface area contributed by atoms with Crippen molar-refractivity contribution >= 4 is 60.5 Å². The molecule has 0 atom stereocenters. The van der Waals surface area contributed by atoms with Crippen LogP contribution in [0.3, 0.4) is 0 Å². The Morgan fingerprint density at radius 2 is 1.42 bits per heavy atom. The number of aryl methyl sites for hydroxylation is 1. The number of hydrogen-bond acceptors (Lipinski definition) is 2. The van der Waals surface area contributed by atoms with E-state index < -0.39 is 0 Å². The highest BCUT2D eigenvalue weighted by molar-refractivity contribution is 6.37. The second kappa shape index (κ2) is 14.6. The molecule has 6 aromatic carbocycles. The lowest BCUT2D eigenvalue weighted by molar-refractivity contribution is 0.661. The topological polar surface area (TPSA) is 29.3 Å². The van der Waals surface area contributed by atoms with Crippen LogP contribution >= 0.6 is 0 Å². The van der Waals surface area contributed by atoms with Crippen molar-refractivity contribution in [2.75, 3.05) is 10.6 Å². The molecule has 0 saturated heterocycles. The highest BCUT2D eigenvalue weighted by Gasteiger charge is 2.40. The van der Waals surface area contributed by atoms with Crippen LogP contribution in [0.25, 0.3) is 44.5 Å². The van der Waals surface area contributed by atoms with Gasteiger partial charge in [0.1, 0.15) is 15.7 Å². The maximum atomic E-state index is 7.10. The number of allylic oxidation sites excluding steroid dienone is 6. The van der Waals surface area contributed by atoms with Crippen molar-refractivity contribution in [1.82, 2.24) is 0 Å². The minimum atomic E-state index is -0.230. The van der Waals surface area contributed by atoms with E-state index in [0.717, 1.165) is 36.9 Å². The number of benzene rings is 6. The standard InChI is InChI=1S/C53H52B2N2/c1-33-19-21-37(22-20-33)50-44(43-31-38(23-27-47(43)56)35-13-7-5-8-14-35)29-34(2)30-49(50)57(48-28-24-39(54)32-42(48)36-15-9-6-10-16-36)52-46(55)26-25-41-40-17-11-12-18-45(40)53(3,4)51(41)52/h6,9-13,15-19,21,23-32H,5,7-8,14,20,22,54-56H2,1-4H3. The summed E-state index contributed by atoms with van der Waals surface area (Å²) in [5.41, 5.74) is 31.9. The summed E-state index contributed by atoms with van der Waals surface area (Å²) in [7, 11) is 4.51. The normalized spacial score (nSPS) is 15.6. The molecule has 0 unspecified atom stereocenters. The molecule has 0 aliphatic heterocycles. The van der Waals surface area contributed by atoms with Crippen LogP contribution in [-0.4, -0.2) is 15.7 Å². The highest BCUT2D eigenvalue weighted by atomic mass is 15.2. The first-order valence-corrected chi connectivity index (χ1v) is 20.9. The molecular formula is C53H52B2N2. The van der Waals surface area contributed by atoms with Gasteiger partial charge in [-0.15, -0.1) is 0 Å². The van der Waals surface area contributed by atoms with Crippen molar-refractivity contribution in [3.63, 3.8) is 0 Å². The monoisotopic (exact) mass is 738 g/mol. The Balaban J connectivity index is 1.42. The predicted octanol–water partition coefficient (Wildman–Crippen LogP) is 11.3. The fourth-order valence-electron chi connectivity index (χ4n) is 9.84. The van der Waals surface area contributed by atoms with Crippen LogP contribution in [0.2, 0.25) is 0 Å². The molecule has 6 aromatic rings. The number of nitrogens with two attached hydrogens (primary N) is 1. The number of nitrogen functional groups attached to an aromatic ring is 1. The van der Waals surface area contributed by atoms with Crippen molar-refractivity contribution in [2.24, 2.45) is 0 Å². The van der Waals surface area contributed by atoms with Crippen molar-refractivity contribution in [3.05, 3.63) is 167 Å². The van der Waals surface area contributed by atoms with Crippen LogP contribution in [0.5, 0.6) is 0 Å². The minimum absolute atomic E-state index is 0.230. The lowest BCUT2D eigenvalue weighted by atomic mass is 9.77. The Labute approximate surface area is 341 Å². The smallest absolute Gasteiger partial charge is 0.142 e. The maximum absolute atomic E-state index is 7.10. The van der Waals surface area contributed by atoms with E-state index in [0.29, 0.717) is 0 Å². The van der Waals surface area contributed by atoms with Crippen molar-refractivity contribution in [2.45, 2.75) is 71.6 Å². The summed E-state index contributed by atoms with van der Waals surface area (Å²) in [6, 6.07) is 43.3. The summed E-state index contributed by atoms with van der Waals surface area (Å²) in [6.07, 6.45) is 13.9. The molecular weight excluding hydrogens is 686 g/mol. The Morgan fingerprint density at radius 3 is 2.19 bits per heavy atom. The average molecular weight is 739 g/mol. The molecule has 0 amide bonds. The third kappa shape index (κ3) is 6.50. The van der Waals surface area contributed by atoms with Gasteiger partial charge in [-0.3, -0.25) is 0 Å². The molecule has 0 fully saturated rings. The zero-order valence-corrected chi connectivity index (χ0v) is 34.5. The van der Waals surface area contributed by atoms with E-state index >= 15 is 0 Å². The number of hydrogen-bond donors (Lipinski definition) is 1. The number of rotatable bonds is 7. The molecule has 3 aliphatic carbocycles. The van der Waals surface area contributed by atoms with Gasteiger partial charge in [-0.25, -0.2) is 0 Å². The van der Waals surface area contributed by atoms with Gasteiger partial charge in [-0.05, 0) is 132 Å². The van der Waals surface area contributed by atoms with E-state index in [-0.39, 0.29) is 5.41 Å². The first kappa shape index (κ1) is 36.9. The molecule has 0 aromatic heterocycles. The zero-order chi connectivity index (χ0) is 39.4. The number of fused-ring (bicyclic) bond motifs is 3. The average Bonchev–Trinajstić information content (AvgIpc) is 3.46. The third-order valence-electron chi connectivity index (χ3n) is 12.8. The lowest BCUT2D eigenvalue weighted by Gasteiger charge is -2.37. The summed E-state index contributed by atoms with van der Waals surface area (Å²) >= 11 is 0. The van der Waals surface area contributed by atoms with Gasteiger partial charge in [0, 0.05) is 33.5 Å². The molecule has 0 saturated carbocycles. The quantitative estimate of drug-likeness (QED) is 0.131. The summed E-state index contributed by atoms with van der Waals surface area (Å²) in [5.74, 6) is 0. The van der Waals surface area contributed by atoms with Gasteiger partial charge in [-0.1, -0.05) is 140 Å². The first-order chi connectivity index (χ1) is 27.6. The molecule has 3 aliphatic rings. The van der Waals surface area contributed by atoms with Gasteiger partial charge in [0.15, 0.2) is 0 Å². The van der Waals surface area contributed by atoms with Crippen molar-refractivity contribution < 1.29 is 0 Å². The molecule has 2 nitrogen and oxygen atoms in total. The molecule has 57 heavy (non-hydrogen) atoms. The summed E-state index contributed by atoms with van der Waals surface area (Å²) < 4.78 is 0. The third-order valence-corrected chi connectivity index (χ3v) is 12.8. The largest absolute Gasteiger partial charge is 0.398 e. The fourth-order valence-corrected chi connectivity index (χ4v) is 9.84. The Hall–Kier alpha value is -5.73. The van der Waals surface area contributed by atoms with Gasteiger partial charge in [-0.2, -0.15) is 0 Å². The molecule has 0 heterocycles. The Kier molecular flexibility index (Phi) is 9.48. The molecule has 4 heteroatoms. The molecule has 280 valence electrons. The Morgan fingerprint density at radius 1 is 0.614 bits per heavy atom. The maximum Gasteiger partial charge on any atom is 0.142 e. The van der Waals surface area contributed by atoms with Gasteiger partial charge >= 0.3 is 0 Å². The minimum Gasteiger partial charge on any atom is -0.398 e. The lowest BCUT2D eigenvalue weighted by Crippen LogP contribution is -2.28. The second-order valence-electron chi connectivity index (χ2n) is 17.2. The molecule has 9 rings (SSSR count). The second-order valence-corrected chi connectivity index (χ2v) is 17.2. The summed E-state index contributed by atoms with van der Waals surface area (Å²) in [6.45, 7) is 9.34. The molecule has 2 N–H and O–H groups in total. The highest BCUT2D eigenvalue weighted by Crippen LogP contribution is 2.56. The van der Waals surface area contributed by atoms with E-state index in [1.54, 1.807) is 0 Å². The van der Waals surface area contributed by atoms with Crippen LogP contribution in [0.1, 0.15) is 87.1 Å². The SMILES string of the molecule is Bc1ccc(N(c2cc(C)cc(-c3cc(C4=CCCCC4)ccc3N)c2C2=CC=C(C)CC2)c2c(B)ccc3c2C(C)(C)c2ccccc2-3)c(-c2ccccc2)c1. The van der Waals surface area contributed by atoms with Gasteiger partial charge < -0.3 is 10.6 Å². The van der Waals surface area contributed by atoms with Crippen LogP contribution in [-0.2, 0) is 5.41 Å². The first-order valence-electron chi connectivity index (χ1n) is 20.9. The Bertz CT molecular complexity index is 2660. The van der Waals surface area contributed by atoms with Crippen LogP contribution in [0.15, 0.2) is 139 Å². The van der Waals surface area contributed by atoms with Crippen LogP contribution in [0, 0.1) is 6.92 Å². The van der Waals surface area contributed by atoms with Gasteiger partial charge in [0.25, 0.3) is 0 Å². The fraction of sp³-hybridized carbons (Fsp3) is 0.208. The predicted molar refractivity (Wildman–Crippen MR) is 252 cm³/mol. The zero-order valence-electron chi connectivity index (χ0n) is 34.5. The van der Waals surface area contributed by atoms with Crippen LogP contribution in [0.4, 0.5) is 22.7 Å². The van der Waals surface area contributed by atoms with Crippen molar-refractivity contribution in [3.8, 4) is 33.4 Å². The number of anilines is 4.